The number of carbonyl (C=O) groups excluding carboxylic acids is 1. The molecule has 0 aliphatic rings. The lowest BCUT2D eigenvalue weighted by Crippen LogP contribution is -2.31. The highest BCUT2D eigenvalue weighted by atomic mass is 35.5. The molecule has 0 aliphatic carbocycles. The van der Waals surface area contributed by atoms with E-state index in [1.807, 2.05) is 43.4 Å². The average Bonchev–Trinajstić information content (AvgIpc) is 3.08. The van der Waals surface area contributed by atoms with Gasteiger partial charge in [0.15, 0.2) is 0 Å². The third kappa shape index (κ3) is 3.44. The SMILES string of the molecule is CNCCNC(=O)c1cc2c([nH]c3ccccc32)c(-c2ccc(Cl)c(Cl)c2)n1. The molecule has 142 valence electrons. The predicted octanol–water partition coefficient (Wildman–Crippen LogP) is 4.64. The number of halogens is 2. The Hall–Kier alpha value is -2.60. The molecular formula is C21H18Cl2N4O. The number of nitrogens with one attached hydrogen (secondary N) is 3. The van der Waals surface area contributed by atoms with Crippen molar-refractivity contribution in [3.8, 4) is 11.3 Å². The van der Waals surface area contributed by atoms with Crippen molar-refractivity contribution in [1.82, 2.24) is 20.6 Å². The molecule has 0 radical (unpaired) electrons. The number of carbonyl (C=O) groups is 1. The number of rotatable bonds is 5. The summed E-state index contributed by atoms with van der Waals surface area (Å²) in [6, 6.07) is 15.1. The van der Waals surface area contributed by atoms with Crippen molar-refractivity contribution in [3.63, 3.8) is 0 Å². The van der Waals surface area contributed by atoms with Crippen LogP contribution in [0.4, 0.5) is 0 Å². The number of benzene rings is 2. The number of H-pyrrole nitrogens is 1. The summed E-state index contributed by atoms with van der Waals surface area (Å²) in [4.78, 5) is 20.7. The maximum absolute atomic E-state index is 12.7. The summed E-state index contributed by atoms with van der Waals surface area (Å²) in [6.45, 7) is 1.20. The molecule has 2 aromatic heterocycles. The highest BCUT2D eigenvalue weighted by molar-refractivity contribution is 6.42. The zero-order valence-electron chi connectivity index (χ0n) is 15.1. The van der Waals surface area contributed by atoms with Crippen molar-refractivity contribution in [2.45, 2.75) is 0 Å². The van der Waals surface area contributed by atoms with Gasteiger partial charge in [-0.15, -0.1) is 0 Å². The summed E-state index contributed by atoms with van der Waals surface area (Å²) in [5, 5.41) is 8.77. The van der Waals surface area contributed by atoms with Gasteiger partial charge < -0.3 is 15.6 Å². The highest BCUT2D eigenvalue weighted by Gasteiger charge is 2.17. The first-order valence-electron chi connectivity index (χ1n) is 8.88. The van der Waals surface area contributed by atoms with Crippen molar-refractivity contribution in [3.05, 3.63) is 64.3 Å². The Kier molecular flexibility index (Phi) is 5.22. The van der Waals surface area contributed by atoms with E-state index in [-0.39, 0.29) is 5.91 Å². The third-order valence-electron chi connectivity index (χ3n) is 4.58. The van der Waals surface area contributed by atoms with Crippen LogP contribution in [-0.2, 0) is 0 Å². The molecule has 0 saturated heterocycles. The molecule has 0 atom stereocenters. The Morgan fingerprint density at radius 1 is 1.04 bits per heavy atom. The first-order valence-corrected chi connectivity index (χ1v) is 9.64. The van der Waals surface area contributed by atoms with Gasteiger partial charge in [0, 0.05) is 34.9 Å². The van der Waals surface area contributed by atoms with E-state index in [1.54, 1.807) is 12.1 Å². The first kappa shape index (κ1) is 18.7. The molecule has 0 bridgehead atoms. The lowest BCUT2D eigenvalue weighted by atomic mass is 10.1. The molecule has 0 saturated carbocycles. The average molecular weight is 413 g/mol. The van der Waals surface area contributed by atoms with Crippen molar-refractivity contribution in [2.24, 2.45) is 0 Å². The van der Waals surface area contributed by atoms with E-state index in [0.717, 1.165) is 27.4 Å². The largest absolute Gasteiger partial charge is 0.353 e. The fraction of sp³-hybridized carbons (Fsp3) is 0.143. The maximum Gasteiger partial charge on any atom is 0.269 e. The Morgan fingerprint density at radius 3 is 2.64 bits per heavy atom. The van der Waals surface area contributed by atoms with Crippen molar-refractivity contribution < 1.29 is 4.79 Å². The van der Waals surface area contributed by atoms with Gasteiger partial charge in [0.25, 0.3) is 5.91 Å². The van der Waals surface area contributed by atoms with Gasteiger partial charge in [0.2, 0.25) is 0 Å². The van der Waals surface area contributed by atoms with E-state index in [2.05, 4.69) is 20.6 Å². The van der Waals surface area contributed by atoms with Crippen LogP contribution in [0.5, 0.6) is 0 Å². The summed E-state index contributed by atoms with van der Waals surface area (Å²) < 4.78 is 0. The number of hydrogen-bond donors (Lipinski definition) is 3. The zero-order chi connectivity index (χ0) is 19.7. The molecule has 2 aromatic carbocycles. The number of pyridine rings is 1. The van der Waals surface area contributed by atoms with Crippen LogP contribution in [0.3, 0.4) is 0 Å². The van der Waals surface area contributed by atoms with Gasteiger partial charge in [-0.3, -0.25) is 4.79 Å². The van der Waals surface area contributed by atoms with Crippen LogP contribution < -0.4 is 10.6 Å². The van der Waals surface area contributed by atoms with E-state index >= 15 is 0 Å². The first-order chi connectivity index (χ1) is 13.6. The van der Waals surface area contributed by atoms with E-state index < -0.39 is 0 Å². The molecule has 1 amide bonds. The Bertz CT molecular complexity index is 1190. The standard InChI is InChI=1S/C21H18Cl2N4O/c1-24-8-9-25-21(28)18-11-14-13-4-2-3-5-17(13)26-20(14)19(27-18)12-6-7-15(22)16(23)10-12/h2-7,10-11,24,26H,8-9H2,1H3,(H,25,28). The summed E-state index contributed by atoms with van der Waals surface area (Å²) >= 11 is 12.3. The van der Waals surface area contributed by atoms with Crippen molar-refractivity contribution in [1.29, 1.82) is 0 Å². The summed E-state index contributed by atoms with van der Waals surface area (Å²) in [6.07, 6.45) is 0. The number of aromatic amines is 1. The molecule has 5 nitrogen and oxygen atoms in total. The maximum atomic E-state index is 12.7. The predicted molar refractivity (Wildman–Crippen MR) is 115 cm³/mol. The number of amides is 1. The molecule has 2 heterocycles. The summed E-state index contributed by atoms with van der Waals surface area (Å²) in [7, 11) is 1.84. The molecule has 0 aliphatic heterocycles. The van der Waals surface area contributed by atoms with Crippen molar-refractivity contribution >= 4 is 50.9 Å². The van der Waals surface area contributed by atoms with Crippen LogP contribution in [0, 0.1) is 0 Å². The molecule has 4 aromatic rings. The Labute approximate surface area is 172 Å². The smallest absolute Gasteiger partial charge is 0.269 e. The van der Waals surface area contributed by atoms with Crippen LogP contribution in [0.2, 0.25) is 10.0 Å². The topological polar surface area (TPSA) is 69.8 Å². The molecular weight excluding hydrogens is 395 g/mol. The molecule has 4 rings (SSSR count). The van der Waals surface area contributed by atoms with E-state index in [9.17, 15) is 4.79 Å². The van der Waals surface area contributed by atoms with Gasteiger partial charge >= 0.3 is 0 Å². The molecule has 0 unspecified atom stereocenters. The van der Waals surface area contributed by atoms with Crippen molar-refractivity contribution in [2.75, 3.05) is 20.1 Å². The number of para-hydroxylation sites is 1. The molecule has 3 N–H and O–H groups in total. The van der Waals surface area contributed by atoms with Gasteiger partial charge in [0.05, 0.1) is 21.3 Å². The van der Waals surface area contributed by atoms with Gasteiger partial charge in [-0.05, 0) is 31.3 Å². The van der Waals surface area contributed by atoms with Crippen LogP contribution in [0.1, 0.15) is 10.5 Å². The van der Waals surface area contributed by atoms with Crippen LogP contribution in [-0.4, -0.2) is 36.0 Å². The Morgan fingerprint density at radius 2 is 1.86 bits per heavy atom. The van der Waals surface area contributed by atoms with E-state index in [4.69, 9.17) is 23.2 Å². The van der Waals surface area contributed by atoms with Gasteiger partial charge in [-0.25, -0.2) is 4.98 Å². The quantitative estimate of drug-likeness (QED) is 0.418. The molecule has 0 spiro atoms. The number of likely N-dealkylation sites (N-methyl/N-ethyl adjacent to an activating group) is 1. The minimum atomic E-state index is -0.219. The highest BCUT2D eigenvalue weighted by Crippen LogP contribution is 2.35. The second-order valence-electron chi connectivity index (χ2n) is 6.44. The summed E-state index contributed by atoms with van der Waals surface area (Å²) in [5.74, 6) is -0.219. The second kappa shape index (κ2) is 7.80. The molecule has 7 heteroatoms. The second-order valence-corrected chi connectivity index (χ2v) is 7.25. The lowest BCUT2D eigenvalue weighted by Gasteiger charge is -2.09. The number of fused-ring (bicyclic) bond motifs is 3. The lowest BCUT2D eigenvalue weighted by molar-refractivity contribution is 0.0949. The molecule has 0 fully saturated rings. The van der Waals surface area contributed by atoms with Gasteiger partial charge in [-0.1, -0.05) is 47.5 Å². The normalized spacial score (nSPS) is 11.2. The van der Waals surface area contributed by atoms with Gasteiger partial charge in [0.1, 0.15) is 5.69 Å². The zero-order valence-corrected chi connectivity index (χ0v) is 16.7. The van der Waals surface area contributed by atoms with E-state index in [0.29, 0.717) is 34.5 Å². The fourth-order valence-corrected chi connectivity index (χ4v) is 3.50. The van der Waals surface area contributed by atoms with E-state index in [1.165, 1.54) is 0 Å². The summed E-state index contributed by atoms with van der Waals surface area (Å²) in [5.41, 5.74) is 3.64. The minimum Gasteiger partial charge on any atom is -0.353 e. The van der Waals surface area contributed by atoms with Crippen LogP contribution in [0.15, 0.2) is 48.5 Å². The fourth-order valence-electron chi connectivity index (χ4n) is 3.21. The third-order valence-corrected chi connectivity index (χ3v) is 5.32. The Balaban J connectivity index is 1.93. The number of hydrogen-bond acceptors (Lipinski definition) is 3. The number of aromatic nitrogens is 2. The minimum absolute atomic E-state index is 0.219. The van der Waals surface area contributed by atoms with Gasteiger partial charge in [-0.2, -0.15) is 0 Å². The molecule has 28 heavy (non-hydrogen) atoms. The monoisotopic (exact) mass is 412 g/mol. The van der Waals surface area contributed by atoms with Crippen LogP contribution in [0.25, 0.3) is 33.1 Å². The number of nitrogens with zero attached hydrogens (tertiary/aromatic N) is 1. The van der Waals surface area contributed by atoms with Crippen LogP contribution >= 0.6 is 23.2 Å².